The summed E-state index contributed by atoms with van der Waals surface area (Å²) in [5.41, 5.74) is 5.27. The fourth-order valence-corrected chi connectivity index (χ4v) is 1.98. The van der Waals surface area contributed by atoms with Crippen LogP contribution < -0.4 is 16.4 Å². The third-order valence-corrected chi connectivity index (χ3v) is 3.41. The zero-order valence-electron chi connectivity index (χ0n) is 12.5. The van der Waals surface area contributed by atoms with Gasteiger partial charge in [0, 0.05) is 0 Å². The molecule has 0 saturated heterocycles. The monoisotopic (exact) mass is 351 g/mol. The number of hydrogen-bond donors (Lipinski definition) is 6. The third kappa shape index (κ3) is 8.38. The molecule has 0 aliphatic carbocycles. The fourth-order valence-electron chi connectivity index (χ4n) is 1.51. The number of nitrogens with two attached hydrogens (primary N) is 1. The molecule has 0 aromatic heterocycles. The average molecular weight is 351 g/mol. The summed E-state index contributed by atoms with van der Waals surface area (Å²) in [5, 5.41) is 30.9. The van der Waals surface area contributed by atoms with E-state index in [2.05, 4.69) is 10.6 Å². The first-order valence-corrected chi connectivity index (χ1v) is 8.03. The maximum Gasteiger partial charge on any atom is 0.326 e. The zero-order valence-corrected chi connectivity index (χ0v) is 13.3. The van der Waals surface area contributed by atoms with Gasteiger partial charge in [0.15, 0.2) is 0 Å². The van der Waals surface area contributed by atoms with Crippen molar-refractivity contribution in [1.82, 2.24) is 10.6 Å². The maximum absolute atomic E-state index is 12.0. The van der Waals surface area contributed by atoms with Crippen molar-refractivity contribution in [3.8, 4) is 0 Å². The van der Waals surface area contributed by atoms with Gasteiger partial charge in [-0.05, 0) is 18.4 Å². The molecule has 7 N–H and O–H groups in total. The number of carboxylic acids is 2. The minimum absolute atomic E-state index is 0.145. The minimum atomic E-state index is -1.49. The van der Waals surface area contributed by atoms with Crippen molar-refractivity contribution in [2.24, 2.45) is 5.73 Å². The highest BCUT2D eigenvalue weighted by atomic mass is 32.2. The number of aliphatic carboxylic acids is 2. The molecule has 11 heteroatoms. The Labute approximate surface area is 136 Å². The van der Waals surface area contributed by atoms with Gasteiger partial charge in [0.1, 0.15) is 18.1 Å². The molecule has 0 rings (SSSR count). The number of aliphatic hydroxyl groups excluding tert-OH is 1. The second kappa shape index (κ2) is 10.8. The average Bonchev–Trinajstić information content (AvgIpc) is 2.48. The Kier molecular flexibility index (Phi) is 9.94. The van der Waals surface area contributed by atoms with Gasteiger partial charge in [0.05, 0.1) is 13.0 Å². The molecule has 0 fully saturated rings. The highest BCUT2D eigenvalue weighted by Gasteiger charge is 2.29. The quantitative estimate of drug-likeness (QED) is 0.236. The lowest BCUT2D eigenvalue weighted by Crippen LogP contribution is -2.55. The zero-order chi connectivity index (χ0) is 18.0. The number of carboxylic acid groups (broad SMARTS) is 2. The van der Waals surface area contributed by atoms with Crippen molar-refractivity contribution in [1.29, 1.82) is 0 Å². The van der Waals surface area contributed by atoms with Gasteiger partial charge < -0.3 is 31.7 Å². The number of hydrogen-bond acceptors (Lipinski definition) is 7. The lowest BCUT2D eigenvalue weighted by atomic mass is 10.1. The van der Waals surface area contributed by atoms with Crippen molar-refractivity contribution in [3.63, 3.8) is 0 Å². The van der Waals surface area contributed by atoms with E-state index in [1.807, 2.05) is 0 Å². The number of rotatable bonds is 11. The van der Waals surface area contributed by atoms with Gasteiger partial charge in [0.25, 0.3) is 0 Å². The van der Waals surface area contributed by atoms with Gasteiger partial charge in [-0.2, -0.15) is 11.8 Å². The van der Waals surface area contributed by atoms with Crippen LogP contribution in [0.1, 0.15) is 12.8 Å². The smallest absolute Gasteiger partial charge is 0.326 e. The van der Waals surface area contributed by atoms with Gasteiger partial charge in [0.2, 0.25) is 11.8 Å². The van der Waals surface area contributed by atoms with Crippen LogP contribution in [0.3, 0.4) is 0 Å². The van der Waals surface area contributed by atoms with Crippen LogP contribution in [0.15, 0.2) is 0 Å². The van der Waals surface area contributed by atoms with Crippen molar-refractivity contribution < 1.29 is 34.5 Å². The summed E-state index contributed by atoms with van der Waals surface area (Å²) < 4.78 is 0. The molecule has 0 unspecified atom stereocenters. The van der Waals surface area contributed by atoms with E-state index in [-0.39, 0.29) is 6.42 Å². The molecule has 0 heterocycles. The molecule has 10 nitrogen and oxygen atoms in total. The first-order valence-electron chi connectivity index (χ1n) is 6.63. The normalized spacial score (nSPS) is 14.4. The number of aliphatic hydroxyl groups is 1. The largest absolute Gasteiger partial charge is 0.481 e. The number of nitrogens with one attached hydrogen (secondary N) is 2. The van der Waals surface area contributed by atoms with E-state index in [9.17, 15) is 19.2 Å². The second-order valence-corrected chi connectivity index (χ2v) is 5.61. The molecule has 0 bridgehead atoms. The Morgan fingerprint density at radius 1 is 1.09 bits per heavy atom. The Morgan fingerprint density at radius 3 is 2.09 bits per heavy atom. The number of carbonyl (C=O) groups excluding carboxylic acids is 2. The highest BCUT2D eigenvalue weighted by Crippen LogP contribution is 2.03. The SMILES string of the molecule is CSCC[C@H](NC(=O)[C@H](CC(=O)O)NC(=O)[C@@H](N)CO)C(=O)O. The molecule has 3 atom stereocenters. The Balaban J connectivity index is 4.93. The van der Waals surface area contributed by atoms with Crippen LogP contribution in [0.4, 0.5) is 0 Å². The Morgan fingerprint density at radius 2 is 1.65 bits per heavy atom. The summed E-state index contributed by atoms with van der Waals surface area (Å²) in [6.45, 7) is -0.682. The van der Waals surface area contributed by atoms with Crippen molar-refractivity contribution in [2.45, 2.75) is 31.0 Å². The van der Waals surface area contributed by atoms with Crippen LogP contribution in [0.2, 0.25) is 0 Å². The van der Waals surface area contributed by atoms with Crippen LogP contribution >= 0.6 is 11.8 Å². The molecule has 132 valence electrons. The number of amides is 2. The van der Waals surface area contributed by atoms with E-state index in [1.54, 1.807) is 6.26 Å². The lowest BCUT2D eigenvalue weighted by Gasteiger charge is -2.21. The predicted molar refractivity (Wildman–Crippen MR) is 81.8 cm³/mol. The van der Waals surface area contributed by atoms with Crippen LogP contribution in [0.25, 0.3) is 0 Å². The summed E-state index contributed by atoms with van der Waals surface area (Å²) >= 11 is 1.39. The summed E-state index contributed by atoms with van der Waals surface area (Å²) in [6, 6.07) is -4.01. The standard InChI is InChI=1S/C12H21N3O7S/c1-23-3-2-7(12(21)22)14-11(20)8(4-9(17)18)15-10(19)6(13)5-16/h6-8,16H,2-5,13H2,1H3,(H,14,20)(H,15,19)(H,17,18)(H,21,22)/t6-,7-,8-/m0/s1. The first kappa shape index (κ1) is 21.1. The van der Waals surface area contributed by atoms with Crippen LogP contribution in [-0.4, -0.2) is 75.8 Å². The highest BCUT2D eigenvalue weighted by molar-refractivity contribution is 7.98. The number of thioether (sulfide) groups is 1. The second-order valence-electron chi connectivity index (χ2n) is 4.63. The first-order chi connectivity index (χ1) is 10.7. The molecular formula is C12H21N3O7S. The van der Waals surface area contributed by atoms with E-state index in [1.165, 1.54) is 11.8 Å². The minimum Gasteiger partial charge on any atom is -0.481 e. The van der Waals surface area contributed by atoms with E-state index in [0.717, 1.165) is 0 Å². The van der Waals surface area contributed by atoms with Crippen molar-refractivity contribution >= 4 is 35.5 Å². The van der Waals surface area contributed by atoms with Gasteiger partial charge in [-0.25, -0.2) is 4.79 Å². The molecule has 0 aromatic carbocycles. The topological polar surface area (TPSA) is 179 Å². The lowest BCUT2D eigenvalue weighted by molar-refractivity contribution is -0.143. The predicted octanol–water partition coefficient (Wildman–Crippen LogP) is -2.41. The summed E-state index contributed by atoms with van der Waals surface area (Å²) in [7, 11) is 0. The van der Waals surface area contributed by atoms with Gasteiger partial charge in [-0.1, -0.05) is 0 Å². The van der Waals surface area contributed by atoms with E-state index >= 15 is 0 Å². The molecule has 0 aliphatic rings. The van der Waals surface area contributed by atoms with Crippen LogP contribution in [0.5, 0.6) is 0 Å². The molecule has 0 aromatic rings. The van der Waals surface area contributed by atoms with E-state index in [0.29, 0.717) is 5.75 Å². The third-order valence-electron chi connectivity index (χ3n) is 2.77. The fraction of sp³-hybridized carbons (Fsp3) is 0.667. The molecule has 0 aliphatic heterocycles. The summed E-state index contributed by atoms with van der Waals surface area (Å²) in [5.74, 6) is -4.01. The Hall–Kier alpha value is -1.85. The molecule has 0 radical (unpaired) electrons. The molecule has 23 heavy (non-hydrogen) atoms. The Bertz CT molecular complexity index is 446. The summed E-state index contributed by atoms with van der Waals surface area (Å²) in [6.07, 6.45) is 1.17. The van der Waals surface area contributed by atoms with Gasteiger partial charge in [-0.15, -0.1) is 0 Å². The van der Waals surface area contributed by atoms with Crippen LogP contribution in [-0.2, 0) is 19.2 Å². The van der Waals surface area contributed by atoms with E-state index in [4.69, 9.17) is 21.1 Å². The van der Waals surface area contributed by atoms with Crippen molar-refractivity contribution in [3.05, 3.63) is 0 Å². The van der Waals surface area contributed by atoms with Gasteiger partial charge >= 0.3 is 11.9 Å². The molecule has 0 spiro atoms. The van der Waals surface area contributed by atoms with E-state index < -0.39 is 54.9 Å². The number of carbonyl (C=O) groups is 4. The molecule has 0 saturated carbocycles. The maximum atomic E-state index is 12.0. The molecule has 2 amide bonds. The van der Waals surface area contributed by atoms with Gasteiger partial charge in [-0.3, -0.25) is 14.4 Å². The van der Waals surface area contributed by atoms with Crippen LogP contribution in [0, 0.1) is 0 Å². The molecular weight excluding hydrogens is 330 g/mol. The van der Waals surface area contributed by atoms with Crippen molar-refractivity contribution in [2.75, 3.05) is 18.6 Å². The summed E-state index contributed by atoms with van der Waals surface area (Å²) in [4.78, 5) is 45.5.